The van der Waals surface area contributed by atoms with E-state index in [0.717, 1.165) is 16.9 Å². The van der Waals surface area contributed by atoms with Crippen molar-refractivity contribution in [2.45, 2.75) is 11.1 Å². The summed E-state index contributed by atoms with van der Waals surface area (Å²) in [5, 5.41) is 5.39. The zero-order chi connectivity index (χ0) is 21.1. The molecule has 0 spiro atoms. The normalized spacial score (nSPS) is 11.2. The van der Waals surface area contributed by atoms with E-state index in [2.05, 4.69) is 15.0 Å². The number of carbonyl (C=O) groups excluding carboxylic acids is 1. The van der Waals surface area contributed by atoms with Crippen LogP contribution in [0.2, 0.25) is 0 Å². The molecule has 0 amide bonds. The van der Waals surface area contributed by atoms with Gasteiger partial charge in [-0.05, 0) is 42.1 Å². The molecule has 0 unspecified atom stereocenters. The van der Waals surface area contributed by atoms with Gasteiger partial charge in [-0.3, -0.25) is 9.52 Å². The average Bonchev–Trinajstić information content (AvgIpc) is 3.40. The Bertz CT molecular complexity index is 1300. The van der Waals surface area contributed by atoms with Crippen molar-refractivity contribution in [3.8, 4) is 0 Å². The molecule has 0 aliphatic rings. The maximum Gasteiger partial charge on any atom is 0.271 e. The lowest BCUT2D eigenvalue weighted by atomic mass is 10.0. The Hall–Kier alpha value is -3.01. The summed E-state index contributed by atoms with van der Waals surface area (Å²) >= 11 is 2.40. The van der Waals surface area contributed by atoms with E-state index in [1.807, 2.05) is 25.1 Å². The Morgan fingerprint density at radius 3 is 2.57 bits per heavy atom. The first-order chi connectivity index (χ1) is 14.4. The highest BCUT2D eigenvalue weighted by Gasteiger charge is 2.16. The van der Waals surface area contributed by atoms with Gasteiger partial charge in [0.1, 0.15) is 4.21 Å². The number of hydrogen-bond donors (Lipinski definition) is 2. The van der Waals surface area contributed by atoms with E-state index < -0.39 is 10.0 Å². The third-order valence-corrected chi connectivity index (χ3v) is 7.94. The van der Waals surface area contributed by atoms with Crippen molar-refractivity contribution < 1.29 is 13.2 Å². The fraction of sp³-hybridized carbons (Fsp3) is 0.0476. The lowest BCUT2D eigenvalue weighted by Crippen LogP contribution is -2.11. The molecule has 0 radical (unpaired) electrons. The second-order valence-electron chi connectivity index (χ2n) is 6.42. The number of aromatic nitrogens is 1. The first-order valence-electron chi connectivity index (χ1n) is 8.92. The largest absolute Gasteiger partial charge is 0.331 e. The second-order valence-corrected chi connectivity index (χ2v) is 10.3. The van der Waals surface area contributed by atoms with Gasteiger partial charge in [0.15, 0.2) is 5.13 Å². The highest BCUT2D eigenvalue weighted by molar-refractivity contribution is 7.94. The summed E-state index contributed by atoms with van der Waals surface area (Å²) in [6.45, 7) is 1.90. The van der Waals surface area contributed by atoms with Crippen LogP contribution in [0.4, 0.5) is 16.5 Å². The molecule has 30 heavy (non-hydrogen) atoms. The minimum absolute atomic E-state index is 0.0730. The molecule has 6 nitrogen and oxygen atoms in total. The number of nitrogens with zero attached hydrogens (tertiary/aromatic N) is 1. The Morgan fingerprint density at radius 1 is 1.00 bits per heavy atom. The van der Waals surface area contributed by atoms with Crippen LogP contribution in [0.3, 0.4) is 0 Å². The van der Waals surface area contributed by atoms with Crippen LogP contribution in [-0.2, 0) is 10.0 Å². The summed E-state index contributed by atoms with van der Waals surface area (Å²) in [6.07, 6.45) is 1.55. The number of anilines is 3. The molecule has 0 aliphatic heterocycles. The lowest BCUT2D eigenvalue weighted by molar-refractivity contribution is 0.104. The van der Waals surface area contributed by atoms with Gasteiger partial charge < -0.3 is 5.32 Å². The molecule has 2 N–H and O–H groups in total. The highest BCUT2D eigenvalue weighted by atomic mass is 32.2. The summed E-state index contributed by atoms with van der Waals surface area (Å²) in [7, 11) is -3.62. The van der Waals surface area contributed by atoms with E-state index in [-0.39, 0.29) is 9.99 Å². The number of hydrogen-bond acceptors (Lipinski definition) is 7. The molecule has 4 aromatic rings. The maximum absolute atomic E-state index is 12.7. The number of sulfonamides is 1. The monoisotopic (exact) mass is 455 g/mol. The molecular weight excluding hydrogens is 438 g/mol. The fourth-order valence-electron chi connectivity index (χ4n) is 2.80. The summed E-state index contributed by atoms with van der Waals surface area (Å²) in [4.78, 5) is 17.5. The van der Waals surface area contributed by atoms with Crippen molar-refractivity contribution in [3.05, 3.63) is 88.2 Å². The molecule has 0 saturated carbocycles. The second kappa shape index (κ2) is 8.39. The molecule has 152 valence electrons. The van der Waals surface area contributed by atoms with E-state index in [4.69, 9.17) is 0 Å². The molecule has 2 heterocycles. The van der Waals surface area contributed by atoms with Gasteiger partial charge in [-0.15, -0.1) is 11.3 Å². The summed E-state index contributed by atoms with van der Waals surface area (Å²) in [5.41, 5.74) is 2.65. The van der Waals surface area contributed by atoms with Crippen molar-refractivity contribution >= 4 is 55.0 Å². The Balaban J connectivity index is 1.50. The number of rotatable bonds is 7. The fourth-order valence-corrected chi connectivity index (χ4v) is 5.64. The van der Waals surface area contributed by atoms with Crippen LogP contribution in [0.15, 0.2) is 76.4 Å². The maximum atomic E-state index is 12.7. The summed E-state index contributed by atoms with van der Waals surface area (Å²) < 4.78 is 27.6. The van der Waals surface area contributed by atoms with Gasteiger partial charge in [0.05, 0.1) is 16.8 Å². The quantitative estimate of drug-likeness (QED) is 0.370. The van der Waals surface area contributed by atoms with Gasteiger partial charge in [-0.25, -0.2) is 13.4 Å². The molecule has 0 saturated heterocycles. The predicted molar refractivity (Wildman–Crippen MR) is 122 cm³/mol. The van der Waals surface area contributed by atoms with Crippen molar-refractivity contribution in [3.63, 3.8) is 0 Å². The molecule has 0 atom stereocenters. The Kier molecular flexibility index (Phi) is 5.67. The number of carbonyl (C=O) groups is 1. The SMILES string of the molecule is Cc1ccccc1C(=O)c1cnc(Nc2cccc(NS(=O)(=O)c3cccs3)c2)s1. The number of benzene rings is 2. The Morgan fingerprint density at radius 2 is 1.80 bits per heavy atom. The number of aryl methyl sites for hydroxylation is 1. The summed E-state index contributed by atoms with van der Waals surface area (Å²) in [5.74, 6) is -0.0730. The number of ketones is 1. The zero-order valence-electron chi connectivity index (χ0n) is 15.8. The first-order valence-corrected chi connectivity index (χ1v) is 12.1. The predicted octanol–water partition coefficient (Wildman–Crippen LogP) is 5.29. The van der Waals surface area contributed by atoms with Crippen LogP contribution in [0.25, 0.3) is 0 Å². The van der Waals surface area contributed by atoms with E-state index in [9.17, 15) is 13.2 Å². The molecule has 0 aliphatic carbocycles. The standard InChI is InChI=1S/C21H17N3O3S3/c1-14-6-2-3-9-17(14)20(25)18-13-22-21(29-18)23-15-7-4-8-16(12-15)24-30(26,27)19-10-5-11-28-19/h2-13,24H,1H3,(H,22,23). The van der Waals surface area contributed by atoms with E-state index >= 15 is 0 Å². The van der Waals surface area contributed by atoms with Gasteiger partial charge >= 0.3 is 0 Å². The van der Waals surface area contributed by atoms with E-state index in [1.54, 1.807) is 54.0 Å². The van der Waals surface area contributed by atoms with Crippen LogP contribution in [0.1, 0.15) is 20.8 Å². The molecule has 0 fully saturated rings. The van der Waals surface area contributed by atoms with Crippen molar-refractivity contribution in [2.24, 2.45) is 0 Å². The number of thiophene rings is 1. The molecule has 4 rings (SSSR count). The highest BCUT2D eigenvalue weighted by Crippen LogP contribution is 2.27. The molecule has 9 heteroatoms. The van der Waals surface area contributed by atoms with Crippen LogP contribution >= 0.6 is 22.7 Å². The molecular formula is C21H17N3O3S3. The smallest absolute Gasteiger partial charge is 0.271 e. The number of thiazole rings is 1. The van der Waals surface area contributed by atoms with Crippen LogP contribution < -0.4 is 10.0 Å². The molecule has 2 aromatic carbocycles. The molecule has 0 bridgehead atoms. The minimum atomic E-state index is -3.62. The van der Waals surface area contributed by atoms with Crippen LogP contribution in [0, 0.1) is 6.92 Å². The zero-order valence-corrected chi connectivity index (χ0v) is 18.3. The van der Waals surface area contributed by atoms with Crippen molar-refractivity contribution in [1.29, 1.82) is 0 Å². The third-order valence-electron chi connectivity index (χ3n) is 4.25. The minimum Gasteiger partial charge on any atom is -0.331 e. The van der Waals surface area contributed by atoms with E-state index in [1.165, 1.54) is 11.3 Å². The van der Waals surface area contributed by atoms with Gasteiger partial charge in [0.25, 0.3) is 10.0 Å². The first kappa shape index (κ1) is 20.3. The third kappa shape index (κ3) is 4.43. The van der Waals surface area contributed by atoms with Crippen molar-refractivity contribution in [2.75, 3.05) is 10.0 Å². The van der Waals surface area contributed by atoms with Crippen LogP contribution in [-0.4, -0.2) is 19.2 Å². The molecule has 2 aromatic heterocycles. The van der Waals surface area contributed by atoms with Crippen LogP contribution in [0.5, 0.6) is 0 Å². The lowest BCUT2D eigenvalue weighted by Gasteiger charge is -2.08. The van der Waals surface area contributed by atoms with Gasteiger partial charge in [0, 0.05) is 11.3 Å². The van der Waals surface area contributed by atoms with Gasteiger partial charge in [-0.1, -0.05) is 47.7 Å². The van der Waals surface area contributed by atoms with Gasteiger partial charge in [-0.2, -0.15) is 0 Å². The number of nitrogens with one attached hydrogen (secondary N) is 2. The Labute approximate surface area is 182 Å². The topological polar surface area (TPSA) is 88.2 Å². The van der Waals surface area contributed by atoms with Crippen molar-refractivity contribution in [1.82, 2.24) is 4.98 Å². The van der Waals surface area contributed by atoms with Gasteiger partial charge in [0.2, 0.25) is 5.78 Å². The average molecular weight is 456 g/mol. The van der Waals surface area contributed by atoms with E-state index in [0.29, 0.717) is 26.9 Å². The summed E-state index contributed by atoms with van der Waals surface area (Å²) in [6, 6.07) is 17.6.